The molecule has 0 bridgehead atoms. The maximum Gasteiger partial charge on any atom is 0.252 e. The van der Waals surface area contributed by atoms with E-state index in [0.29, 0.717) is 0 Å². The molecule has 9 aromatic rings. The van der Waals surface area contributed by atoms with Gasteiger partial charge in [-0.15, -0.1) is 0 Å². The highest BCUT2D eigenvalue weighted by Gasteiger charge is 2.44. The molecule has 272 valence electrons. The predicted octanol–water partition coefficient (Wildman–Crippen LogP) is 12.6. The van der Waals surface area contributed by atoms with Crippen LogP contribution in [-0.2, 0) is 0 Å². The van der Waals surface area contributed by atoms with E-state index in [4.69, 9.17) is 0 Å². The molecule has 0 aliphatic carbocycles. The van der Waals surface area contributed by atoms with Gasteiger partial charge < -0.3 is 14.7 Å². The summed E-state index contributed by atoms with van der Waals surface area (Å²) in [6.07, 6.45) is 0. The third-order valence-corrected chi connectivity index (χ3v) is 11.6. The van der Waals surface area contributed by atoms with E-state index < -0.39 is 0 Å². The number of benzene rings is 9. The average molecular weight is 740 g/mol. The van der Waals surface area contributed by atoms with Crippen molar-refractivity contribution in [3.8, 4) is 22.3 Å². The van der Waals surface area contributed by atoms with Crippen LogP contribution in [0.3, 0.4) is 0 Å². The Balaban J connectivity index is 1.26. The lowest BCUT2D eigenvalue weighted by molar-refractivity contribution is 1.23. The summed E-state index contributed by atoms with van der Waals surface area (Å²) in [7, 11) is 0. The Morgan fingerprint density at radius 2 is 0.810 bits per heavy atom. The summed E-state index contributed by atoms with van der Waals surface area (Å²) in [5, 5.41) is 0. The molecule has 0 saturated heterocycles. The van der Waals surface area contributed by atoms with Gasteiger partial charge in [0.05, 0.1) is 11.4 Å². The first kappa shape index (κ1) is 33.8. The van der Waals surface area contributed by atoms with Gasteiger partial charge in [0.1, 0.15) is 0 Å². The second kappa shape index (κ2) is 14.2. The van der Waals surface area contributed by atoms with E-state index in [2.05, 4.69) is 245 Å². The minimum atomic E-state index is -0.0177. The number of nitrogens with zero attached hydrogens (tertiary/aromatic N) is 3. The molecule has 2 heterocycles. The smallest absolute Gasteiger partial charge is 0.252 e. The van der Waals surface area contributed by atoms with Gasteiger partial charge in [-0.1, -0.05) is 164 Å². The van der Waals surface area contributed by atoms with Crippen LogP contribution in [0.2, 0.25) is 0 Å². The molecule has 2 aliphatic heterocycles. The molecule has 0 fully saturated rings. The zero-order chi connectivity index (χ0) is 38.4. The minimum Gasteiger partial charge on any atom is -0.311 e. The third-order valence-electron chi connectivity index (χ3n) is 11.6. The van der Waals surface area contributed by atoms with Gasteiger partial charge in [-0.2, -0.15) is 0 Å². The zero-order valence-electron chi connectivity index (χ0n) is 31.9. The fraction of sp³-hybridized carbons (Fsp3) is 0. The monoisotopic (exact) mass is 739 g/mol. The predicted molar refractivity (Wildman–Crippen MR) is 246 cm³/mol. The first-order valence-electron chi connectivity index (χ1n) is 20.0. The molecule has 0 amide bonds. The van der Waals surface area contributed by atoms with Crippen LogP contribution >= 0.6 is 0 Å². The Labute approximate surface area is 340 Å². The van der Waals surface area contributed by atoms with Crippen LogP contribution in [0.1, 0.15) is 0 Å². The fourth-order valence-electron chi connectivity index (χ4n) is 9.12. The molecular weight excluding hydrogens is 701 g/mol. The van der Waals surface area contributed by atoms with E-state index >= 15 is 0 Å². The Bertz CT molecular complexity index is 2860. The van der Waals surface area contributed by atoms with Crippen molar-refractivity contribution in [2.75, 3.05) is 14.7 Å². The maximum absolute atomic E-state index is 2.53. The third kappa shape index (κ3) is 5.61. The highest BCUT2D eigenvalue weighted by molar-refractivity contribution is 7.00. The van der Waals surface area contributed by atoms with E-state index in [1.54, 1.807) is 0 Å². The van der Waals surface area contributed by atoms with Gasteiger partial charge >= 0.3 is 0 Å². The minimum absolute atomic E-state index is 0.0177. The Hall–Kier alpha value is -7.56. The molecule has 0 radical (unpaired) electrons. The van der Waals surface area contributed by atoms with Crippen LogP contribution < -0.4 is 31.1 Å². The van der Waals surface area contributed by atoms with Crippen LogP contribution in [0.15, 0.2) is 231 Å². The van der Waals surface area contributed by atoms with Crippen molar-refractivity contribution in [2.24, 2.45) is 0 Å². The molecule has 58 heavy (non-hydrogen) atoms. The van der Waals surface area contributed by atoms with Crippen molar-refractivity contribution in [3.05, 3.63) is 231 Å². The van der Waals surface area contributed by atoms with E-state index in [1.165, 1.54) is 50.0 Å². The quantitative estimate of drug-likeness (QED) is 0.151. The summed E-state index contributed by atoms with van der Waals surface area (Å²) < 4.78 is 0. The van der Waals surface area contributed by atoms with E-state index in [-0.39, 0.29) is 6.71 Å². The highest BCUT2D eigenvalue weighted by atomic mass is 15.2. The molecule has 9 aromatic carbocycles. The Morgan fingerprint density at radius 1 is 0.310 bits per heavy atom. The van der Waals surface area contributed by atoms with Gasteiger partial charge in [0.2, 0.25) is 0 Å². The lowest BCUT2D eigenvalue weighted by Crippen LogP contribution is -2.61. The SMILES string of the molecule is c1ccc(-c2ccc3c(c2)B2c4ccccc4N(c4ccccc4-c4ccccc4)c4cc(N(c5ccccc5)c5ccccc5)cc(c42)N3c2ccccc2)cc1. The first-order chi connectivity index (χ1) is 28.8. The Morgan fingerprint density at radius 3 is 1.47 bits per heavy atom. The summed E-state index contributed by atoms with van der Waals surface area (Å²) in [5.41, 5.74) is 18.9. The molecule has 0 unspecified atom stereocenters. The molecule has 2 aliphatic rings. The number of fused-ring (bicyclic) bond motifs is 4. The van der Waals surface area contributed by atoms with Crippen molar-refractivity contribution in [1.82, 2.24) is 0 Å². The number of anilines is 9. The summed E-state index contributed by atoms with van der Waals surface area (Å²) in [6, 6.07) is 83.7. The highest BCUT2D eigenvalue weighted by Crippen LogP contribution is 2.49. The molecule has 0 spiro atoms. The van der Waals surface area contributed by atoms with E-state index in [9.17, 15) is 0 Å². The summed E-state index contributed by atoms with van der Waals surface area (Å²) in [5.74, 6) is 0. The first-order valence-corrected chi connectivity index (χ1v) is 20.0. The zero-order valence-corrected chi connectivity index (χ0v) is 31.9. The normalized spacial score (nSPS) is 12.4. The largest absolute Gasteiger partial charge is 0.311 e. The number of hydrogen-bond donors (Lipinski definition) is 0. The second-order valence-electron chi connectivity index (χ2n) is 14.9. The van der Waals surface area contributed by atoms with Crippen LogP contribution in [0.5, 0.6) is 0 Å². The molecule has 0 N–H and O–H groups in total. The molecule has 0 atom stereocenters. The lowest BCUT2D eigenvalue weighted by Gasteiger charge is -2.45. The number of rotatable bonds is 7. The standard InChI is InChI=1S/C54H38BN3/c1-6-20-39(21-7-1)41-34-35-51-48(36-41)55-47-31-17-19-33-50(47)58(49-32-18-16-30-46(49)40-22-8-2-9-23-40)53-38-45(37-52(54(53)55)57(51)44-28-14-5-15-29-44)56(42-24-10-3-11-25-42)43-26-12-4-13-27-43/h1-38H. The molecule has 11 rings (SSSR count). The molecule has 0 aromatic heterocycles. The van der Waals surface area contributed by atoms with Crippen molar-refractivity contribution in [3.63, 3.8) is 0 Å². The van der Waals surface area contributed by atoms with E-state index in [1.807, 2.05) is 0 Å². The fourth-order valence-corrected chi connectivity index (χ4v) is 9.12. The van der Waals surface area contributed by atoms with Crippen molar-refractivity contribution >= 4 is 74.3 Å². The summed E-state index contributed by atoms with van der Waals surface area (Å²) in [4.78, 5) is 7.41. The number of hydrogen-bond acceptors (Lipinski definition) is 3. The van der Waals surface area contributed by atoms with Crippen molar-refractivity contribution < 1.29 is 0 Å². The van der Waals surface area contributed by atoms with Gasteiger partial charge in [-0.25, -0.2) is 0 Å². The Kier molecular flexibility index (Phi) is 8.26. The van der Waals surface area contributed by atoms with E-state index in [0.717, 1.165) is 39.8 Å². The van der Waals surface area contributed by atoms with Crippen LogP contribution in [0.25, 0.3) is 22.3 Å². The maximum atomic E-state index is 2.53. The van der Waals surface area contributed by atoms with Crippen molar-refractivity contribution in [1.29, 1.82) is 0 Å². The second-order valence-corrected chi connectivity index (χ2v) is 14.9. The average Bonchev–Trinajstić information content (AvgIpc) is 3.30. The van der Waals surface area contributed by atoms with Crippen molar-refractivity contribution in [2.45, 2.75) is 0 Å². The lowest BCUT2D eigenvalue weighted by atomic mass is 9.33. The molecule has 3 nitrogen and oxygen atoms in total. The van der Waals surface area contributed by atoms with Gasteiger partial charge in [-0.05, 0) is 99.8 Å². The van der Waals surface area contributed by atoms with Crippen LogP contribution in [-0.4, -0.2) is 6.71 Å². The van der Waals surface area contributed by atoms with Crippen LogP contribution in [0.4, 0.5) is 51.2 Å². The summed E-state index contributed by atoms with van der Waals surface area (Å²) >= 11 is 0. The van der Waals surface area contributed by atoms with Gasteiger partial charge in [-0.3, -0.25) is 0 Å². The van der Waals surface area contributed by atoms with Crippen LogP contribution in [0, 0.1) is 0 Å². The van der Waals surface area contributed by atoms with Gasteiger partial charge in [0.25, 0.3) is 6.71 Å². The molecule has 0 saturated carbocycles. The molecular formula is C54H38BN3. The van der Waals surface area contributed by atoms with Gasteiger partial charge in [0, 0.05) is 45.4 Å². The topological polar surface area (TPSA) is 9.72 Å². The van der Waals surface area contributed by atoms with Gasteiger partial charge in [0.15, 0.2) is 0 Å². The molecule has 4 heteroatoms. The summed E-state index contributed by atoms with van der Waals surface area (Å²) in [6.45, 7) is -0.0177. The number of para-hydroxylation sites is 5.